The quantitative estimate of drug-likeness (QED) is 0.654. The largest absolute Gasteiger partial charge is 0.737 e. The van der Waals surface area contributed by atoms with Gasteiger partial charge in [0.1, 0.15) is 12.0 Å². The number of fused-ring (bicyclic) bond motifs is 2. The van der Waals surface area contributed by atoms with Crippen molar-refractivity contribution < 1.29 is 18.2 Å². The summed E-state index contributed by atoms with van der Waals surface area (Å²) < 4.78 is 32.4. The van der Waals surface area contributed by atoms with Gasteiger partial charge < -0.3 is 22.7 Å². The fraction of sp³-hybridized carbons (Fsp3) is 0. The molecule has 0 aliphatic carbocycles. The van der Waals surface area contributed by atoms with E-state index in [9.17, 15) is 13.7 Å². The predicted molar refractivity (Wildman–Crippen MR) is 92.8 cm³/mol. The molecule has 1 N–H and O–H groups in total. The lowest BCUT2D eigenvalue weighted by molar-refractivity contribution is -0.356. The Balaban J connectivity index is 2.06. The topological polar surface area (TPSA) is 28.2 Å². The second-order valence-corrected chi connectivity index (χ2v) is 7.06. The number of hydrogen-bond donors (Lipinski definition) is 1. The minimum atomic E-state index is -3.90. The van der Waals surface area contributed by atoms with Crippen LogP contribution in [0, 0.1) is 0 Å². The van der Waals surface area contributed by atoms with Crippen molar-refractivity contribution in [1.29, 1.82) is 0 Å². The molecule has 1 aromatic heterocycles. The summed E-state index contributed by atoms with van der Waals surface area (Å²) in [6, 6.07) is 6.74. The number of nitrogens with zero attached hydrogens (tertiary/aromatic N) is 2. The van der Waals surface area contributed by atoms with Gasteiger partial charge in [-0.1, -0.05) is 0 Å². The number of benzene rings is 1. The van der Waals surface area contributed by atoms with Crippen LogP contribution in [0.25, 0.3) is 5.57 Å². The molecule has 0 radical (unpaired) electrons. The van der Waals surface area contributed by atoms with Gasteiger partial charge in [0.15, 0.2) is 5.70 Å². The summed E-state index contributed by atoms with van der Waals surface area (Å²) in [5, 5.41) is 9.89. The van der Waals surface area contributed by atoms with E-state index in [1.54, 1.807) is 36.4 Å². The van der Waals surface area contributed by atoms with Crippen LogP contribution in [0.1, 0.15) is 11.3 Å². The van der Waals surface area contributed by atoms with Crippen molar-refractivity contribution >= 4 is 50.6 Å². The summed E-state index contributed by atoms with van der Waals surface area (Å²) in [5.74, 6) is 0.0745. The SMILES string of the molecule is Oc1c(Br)cc(C2=C3C=CC=[N+]3[B-](F)(F)n3cccc32)cc1Br. The Morgan fingerprint density at radius 2 is 1.87 bits per heavy atom. The molecule has 0 atom stereocenters. The molecule has 0 unspecified atom stereocenters. The number of phenolic OH excluding ortho intramolecular Hbond substituents is 1. The molecule has 3 heterocycles. The first-order valence-electron chi connectivity index (χ1n) is 6.83. The van der Waals surface area contributed by atoms with E-state index in [4.69, 9.17) is 0 Å². The van der Waals surface area contributed by atoms with Crippen molar-refractivity contribution in [2.75, 3.05) is 0 Å². The zero-order valence-electron chi connectivity index (χ0n) is 11.5. The maximum Gasteiger partial charge on any atom is 0.737 e. The third kappa shape index (κ3) is 2.01. The fourth-order valence-electron chi connectivity index (χ4n) is 3.02. The highest BCUT2D eigenvalue weighted by atomic mass is 79.9. The lowest BCUT2D eigenvalue weighted by Gasteiger charge is -2.31. The molecule has 23 heavy (non-hydrogen) atoms. The van der Waals surface area contributed by atoms with Gasteiger partial charge in [0.25, 0.3) is 0 Å². The smallest absolute Gasteiger partial charge is 0.506 e. The molecule has 116 valence electrons. The standard InChI is InChI=1S/C15H9BBr2F2N2O/c17-10-7-9(8-11(18)15(10)23)14-12-3-1-5-21(12)16(19,20)22-6-2-4-13(14)22/h1-8,23H. The Labute approximate surface area is 147 Å². The van der Waals surface area contributed by atoms with Crippen LogP contribution in [-0.2, 0) is 0 Å². The molecule has 3 nitrogen and oxygen atoms in total. The van der Waals surface area contributed by atoms with Crippen LogP contribution in [0.5, 0.6) is 5.75 Å². The van der Waals surface area contributed by atoms with E-state index in [2.05, 4.69) is 31.9 Å². The van der Waals surface area contributed by atoms with Crippen LogP contribution >= 0.6 is 31.9 Å². The van der Waals surface area contributed by atoms with Crippen molar-refractivity contribution in [3.8, 4) is 5.75 Å². The van der Waals surface area contributed by atoms with Crippen LogP contribution in [-0.4, -0.2) is 27.3 Å². The Morgan fingerprint density at radius 1 is 1.17 bits per heavy atom. The molecule has 0 amide bonds. The van der Waals surface area contributed by atoms with Crippen molar-refractivity contribution in [2.24, 2.45) is 0 Å². The lowest BCUT2D eigenvalue weighted by Crippen LogP contribution is -2.49. The third-order valence-corrected chi connectivity index (χ3v) is 5.25. The second kappa shape index (κ2) is 4.91. The van der Waals surface area contributed by atoms with Gasteiger partial charge in [0.2, 0.25) is 0 Å². The van der Waals surface area contributed by atoms with E-state index in [1.807, 2.05) is 0 Å². The monoisotopic (exact) mass is 440 g/mol. The molecule has 2 aromatic rings. The van der Waals surface area contributed by atoms with Gasteiger partial charge in [-0.25, -0.2) is 0 Å². The summed E-state index contributed by atoms with van der Waals surface area (Å²) >= 11 is 6.59. The molecule has 1 aromatic carbocycles. The van der Waals surface area contributed by atoms with E-state index < -0.39 is 6.97 Å². The summed E-state index contributed by atoms with van der Waals surface area (Å²) in [6.45, 7) is -3.90. The Bertz CT molecular complexity index is 924. The van der Waals surface area contributed by atoms with Crippen molar-refractivity contribution in [3.05, 3.63) is 68.5 Å². The van der Waals surface area contributed by atoms with Crippen LogP contribution in [0.4, 0.5) is 8.63 Å². The van der Waals surface area contributed by atoms with Gasteiger partial charge in [-0.3, -0.25) is 0 Å². The summed E-state index contributed by atoms with van der Waals surface area (Å²) in [7, 11) is 0. The average Bonchev–Trinajstić information content (AvgIpc) is 3.14. The molecule has 8 heteroatoms. The van der Waals surface area contributed by atoms with Gasteiger partial charge in [0.05, 0.1) is 14.5 Å². The molecule has 0 saturated carbocycles. The van der Waals surface area contributed by atoms with Crippen molar-refractivity contribution in [3.63, 3.8) is 0 Å². The number of rotatable bonds is 1. The predicted octanol–water partition coefficient (Wildman–Crippen LogP) is 4.37. The number of allylic oxidation sites excluding steroid dienone is 2. The number of aromatic hydroxyl groups is 1. The van der Waals surface area contributed by atoms with Crippen molar-refractivity contribution in [1.82, 2.24) is 4.48 Å². The maximum absolute atomic E-state index is 14.7. The lowest BCUT2D eigenvalue weighted by atomic mass is 9.86. The highest BCUT2D eigenvalue weighted by Crippen LogP contribution is 2.42. The maximum atomic E-state index is 14.7. The van der Waals surface area contributed by atoms with E-state index in [-0.39, 0.29) is 5.75 Å². The zero-order chi connectivity index (χ0) is 16.4. The summed E-state index contributed by atoms with van der Waals surface area (Å²) in [5.41, 5.74) is 2.32. The molecular formula is C15H9BBr2F2N2O. The molecular weight excluding hydrogens is 433 g/mol. The molecule has 0 fully saturated rings. The van der Waals surface area contributed by atoms with E-state index >= 15 is 0 Å². The van der Waals surface area contributed by atoms with Crippen LogP contribution < -0.4 is 0 Å². The molecule has 2 aliphatic rings. The Kier molecular flexibility index (Phi) is 3.18. The minimum Gasteiger partial charge on any atom is -0.506 e. The number of hydrogen-bond acceptors (Lipinski definition) is 1. The van der Waals surface area contributed by atoms with Crippen LogP contribution in [0.2, 0.25) is 0 Å². The second-order valence-electron chi connectivity index (χ2n) is 5.35. The van der Waals surface area contributed by atoms with E-state index in [1.165, 1.54) is 12.4 Å². The summed E-state index contributed by atoms with van der Waals surface area (Å²) in [4.78, 5) is 0. The van der Waals surface area contributed by atoms with Gasteiger partial charge in [-0.05, 0) is 67.9 Å². The van der Waals surface area contributed by atoms with Gasteiger partial charge >= 0.3 is 6.97 Å². The number of aromatic nitrogens is 1. The highest BCUT2D eigenvalue weighted by Gasteiger charge is 2.51. The fourth-order valence-corrected chi connectivity index (χ4v) is 4.21. The average molecular weight is 442 g/mol. The Hall–Kier alpha value is -1.67. The van der Waals surface area contributed by atoms with E-state index in [0.29, 0.717) is 25.9 Å². The molecule has 0 spiro atoms. The van der Waals surface area contributed by atoms with E-state index in [0.717, 1.165) is 14.5 Å². The van der Waals surface area contributed by atoms with Gasteiger partial charge in [0, 0.05) is 17.8 Å². The normalized spacial score (nSPS) is 18.0. The number of phenols is 1. The van der Waals surface area contributed by atoms with Crippen LogP contribution in [0.15, 0.2) is 57.3 Å². The van der Waals surface area contributed by atoms with Gasteiger partial charge in [-0.15, -0.1) is 0 Å². The number of halogens is 4. The third-order valence-electron chi connectivity index (χ3n) is 4.05. The first-order chi connectivity index (χ1) is 10.9. The highest BCUT2D eigenvalue weighted by molar-refractivity contribution is 9.11. The van der Waals surface area contributed by atoms with Gasteiger partial charge in [-0.2, -0.15) is 0 Å². The molecule has 2 aliphatic heterocycles. The Morgan fingerprint density at radius 3 is 2.57 bits per heavy atom. The van der Waals surface area contributed by atoms with Crippen LogP contribution in [0.3, 0.4) is 0 Å². The molecule has 0 bridgehead atoms. The zero-order valence-corrected chi connectivity index (χ0v) is 14.7. The molecule has 4 rings (SSSR count). The first kappa shape index (κ1) is 14.9. The molecule has 0 saturated heterocycles. The minimum absolute atomic E-state index is 0.0745. The van der Waals surface area contributed by atoms with Crippen molar-refractivity contribution in [2.45, 2.75) is 0 Å². The summed E-state index contributed by atoms with van der Waals surface area (Å²) in [6.07, 6.45) is 6.07. The first-order valence-corrected chi connectivity index (χ1v) is 8.42.